The lowest BCUT2D eigenvalue weighted by atomic mass is 10.1. The van der Waals surface area contributed by atoms with Crippen LogP contribution in [0.2, 0.25) is 5.02 Å². The Kier molecular flexibility index (Phi) is 4.65. The van der Waals surface area contributed by atoms with Crippen molar-refractivity contribution in [1.82, 2.24) is 0 Å². The summed E-state index contributed by atoms with van der Waals surface area (Å²) in [7, 11) is 1.53. The molecule has 0 aliphatic carbocycles. The summed E-state index contributed by atoms with van der Waals surface area (Å²) in [4.78, 5) is 25.1. The predicted molar refractivity (Wildman–Crippen MR) is 85.3 cm³/mol. The van der Waals surface area contributed by atoms with Crippen LogP contribution >= 0.6 is 27.5 Å². The maximum absolute atomic E-state index is 12.5. The van der Waals surface area contributed by atoms with Gasteiger partial charge in [-0.15, -0.1) is 0 Å². The first-order valence-electron chi connectivity index (χ1n) is 5.97. The van der Waals surface area contributed by atoms with Crippen LogP contribution < -0.4 is 4.90 Å². The van der Waals surface area contributed by atoms with Gasteiger partial charge in [-0.1, -0.05) is 23.7 Å². The first-order valence-corrected chi connectivity index (χ1v) is 7.14. The second-order valence-corrected chi connectivity index (χ2v) is 5.60. The maximum atomic E-state index is 12.5. The van der Waals surface area contributed by atoms with Crippen molar-refractivity contribution >= 4 is 45.1 Å². The molecule has 0 heterocycles. The Morgan fingerprint density at radius 2 is 1.81 bits per heavy atom. The number of nitrogens with zero attached hydrogens (tertiary/aromatic N) is 1. The highest BCUT2D eigenvalue weighted by Crippen LogP contribution is 2.26. The van der Waals surface area contributed by atoms with Crippen molar-refractivity contribution in [3.05, 3.63) is 63.1 Å². The zero-order chi connectivity index (χ0) is 15.6. The van der Waals surface area contributed by atoms with Crippen molar-refractivity contribution in [2.45, 2.75) is 0 Å². The molecule has 0 saturated heterocycles. The van der Waals surface area contributed by atoms with E-state index in [4.69, 9.17) is 11.6 Å². The molecule has 0 fully saturated rings. The molecule has 0 aliphatic heterocycles. The van der Waals surface area contributed by atoms with Crippen LogP contribution in [-0.4, -0.2) is 24.0 Å². The van der Waals surface area contributed by atoms with Gasteiger partial charge in [-0.25, -0.2) is 4.79 Å². The molecule has 6 heteroatoms. The molecule has 1 amide bonds. The van der Waals surface area contributed by atoms with Gasteiger partial charge in [-0.2, -0.15) is 0 Å². The molecule has 0 spiro atoms. The molecule has 0 unspecified atom stereocenters. The summed E-state index contributed by atoms with van der Waals surface area (Å²) in [6.45, 7) is 0. The van der Waals surface area contributed by atoms with Gasteiger partial charge in [0.1, 0.15) is 0 Å². The van der Waals surface area contributed by atoms with E-state index >= 15 is 0 Å². The lowest BCUT2D eigenvalue weighted by Gasteiger charge is -2.20. The Balaban J connectivity index is 2.45. The molecule has 0 aromatic heterocycles. The summed E-state index contributed by atoms with van der Waals surface area (Å²) < 4.78 is 0.594. The molecular weight excluding hydrogens is 358 g/mol. The van der Waals surface area contributed by atoms with Crippen LogP contribution in [0.1, 0.15) is 20.7 Å². The van der Waals surface area contributed by atoms with Crippen molar-refractivity contribution in [2.24, 2.45) is 0 Å². The number of carboxylic acids is 1. The topological polar surface area (TPSA) is 57.6 Å². The van der Waals surface area contributed by atoms with Gasteiger partial charge in [0, 0.05) is 16.5 Å². The molecule has 0 saturated carbocycles. The molecule has 1 N–H and O–H groups in total. The van der Waals surface area contributed by atoms with Crippen LogP contribution in [0.25, 0.3) is 0 Å². The normalized spacial score (nSPS) is 10.2. The summed E-state index contributed by atoms with van der Waals surface area (Å²) in [5.41, 5.74) is 0.749. The minimum Gasteiger partial charge on any atom is -0.478 e. The number of para-hydroxylation sites is 1. The van der Waals surface area contributed by atoms with E-state index < -0.39 is 5.97 Å². The van der Waals surface area contributed by atoms with Gasteiger partial charge in [0.2, 0.25) is 0 Å². The number of carbonyl (C=O) groups is 2. The van der Waals surface area contributed by atoms with Gasteiger partial charge in [-0.3, -0.25) is 4.79 Å². The Hall–Kier alpha value is -1.85. The number of halogens is 2. The van der Waals surface area contributed by atoms with E-state index in [0.29, 0.717) is 20.7 Å². The first-order chi connectivity index (χ1) is 9.91. The number of hydrogen-bond donors (Lipinski definition) is 1. The van der Waals surface area contributed by atoms with Crippen LogP contribution in [0, 0.1) is 0 Å². The summed E-state index contributed by atoms with van der Waals surface area (Å²) in [5, 5.41) is 9.63. The van der Waals surface area contributed by atoms with Crippen molar-refractivity contribution in [3.8, 4) is 0 Å². The van der Waals surface area contributed by atoms with Gasteiger partial charge in [0.25, 0.3) is 5.91 Å². The lowest BCUT2D eigenvalue weighted by Crippen LogP contribution is -2.28. The lowest BCUT2D eigenvalue weighted by molar-refractivity contribution is 0.0697. The van der Waals surface area contributed by atoms with Crippen LogP contribution in [0.4, 0.5) is 5.69 Å². The molecular formula is C15H11BrClNO3. The molecule has 0 radical (unpaired) electrons. The third-order valence-corrected chi connectivity index (χ3v) is 3.89. The fourth-order valence-electron chi connectivity index (χ4n) is 1.90. The first kappa shape index (κ1) is 15.5. The van der Waals surface area contributed by atoms with Gasteiger partial charge < -0.3 is 10.0 Å². The Bertz CT molecular complexity index is 718. The summed E-state index contributed by atoms with van der Waals surface area (Å²) in [6.07, 6.45) is 0. The molecule has 2 rings (SSSR count). The molecule has 2 aromatic rings. The van der Waals surface area contributed by atoms with E-state index in [0.717, 1.165) is 0 Å². The SMILES string of the molecule is CN(C(=O)c1cc(Cl)ccc1Br)c1ccccc1C(=O)O. The van der Waals surface area contributed by atoms with E-state index in [1.165, 1.54) is 24.1 Å². The number of carboxylic acid groups (broad SMARTS) is 1. The van der Waals surface area contributed by atoms with Crippen LogP contribution in [0.3, 0.4) is 0 Å². The molecule has 21 heavy (non-hydrogen) atoms. The number of benzene rings is 2. The molecule has 108 valence electrons. The Morgan fingerprint density at radius 3 is 2.48 bits per heavy atom. The second kappa shape index (κ2) is 6.28. The highest BCUT2D eigenvalue weighted by molar-refractivity contribution is 9.10. The minimum atomic E-state index is -1.09. The van der Waals surface area contributed by atoms with Crippen molar-refractivity contribution < 1.29 is 14.7 Å². The molecule has 4 nitrogen and oxygen atoms in total. The average molecular weight is 369 g/mol. The van der Waals surface area contributed by atoms with Gasteiger partial charge in [-0.05, 0) is 46.3 Å². The smallest absolute Gasteiger partial charge is 0.337 e. The third-order valence-electron chi connectivity index (χ3n) is 2.96. The number of aromatic carboxylic acids is 1. The van der Waals surface area contributed by atoms with E-state index in [9.17, 15) is 14.7 Å². The van der Waals surface area contributed by atoms with Gasteiger partial charge >= 0.3 is 5.97 Å². The number of amides is 1. The number of hydrogen-bond acceptors (Lipinski definition) is 2. The van der Waals surface area contributed by atoms with Crippen LogP contribution in [-0.2, 0) is 0 Å². The highest BCUT2D eigenvalue weighted by atomic mass is 79.9. The zero-order valence-electron chi connectivity index (χ0n) is 11.0. The van der Waals surface area contributed by atoms with E-state index in [-0.39, 0.29) is 11.5 Å². The standard InChI is InChI=1S/C15H11BrClNO3/c1-18(13-5-3-2-4-10(13)15(20)21)14(19)11-8-9(17)6-7-12(11)16/h2-8H,1H3,(H,20,21). The second-order valence-electron chi connectivity index (χ2n) is 4.31. The molecule has 0 bridgehead atoms. The minimum absolute atomic E-state index is 0.0616. The molecule has 0 atom stereocenters. The van der Waals surface area contributed by atoms with E-state index in [2.05, 4.69) is 15.9 Å². The van der Waals surface area contributed by atoms with Crippen molar-refractivity contribution in [3.63, 3.8) is 0 Å². The highest BCUT2D eigenvalue weighted by Gasteiger charge is 2.20. The Labute approximate surface area is 135 Å². The average Bonchev–Trinajstić information content (AvgIpc) is 2.48. The zero-order valence-corrected chi connectivity index (χ0v) is 13.4. The van der Waals surface area contributed by atoms with Crippen LogP contribution in [0.5, 0.6) is 0 Å². The number of carbonyl (C=O) groups excluding carboxylic acids is 1. The molecule has 0 aliphatic rings. The van der Waals surface area contributed by atoms with Gasteiger partial charge in [0.15, 0.2) is 0 Å². The number of rotatable bonds is 3. The summed E-state index contributed by atoms with van der Waals surface area (Å²) in [6, 6.07) is 11.2. The number of anilines is 1. The van der Waals surface area contributed by atoms with Crippen molar-refractivity contribution in [2.75, 3.05) is 11.9 Å². The van der Waals surface area contributed by atoms with Crippen LogP contribution in [0.15, 0.2) is 46.9 Å². The largest absolute Gasteiger partial charge is 0.478 e. The quantitative estimate of drug-likeness (QED) is 0.888. The summed E-state index contributed by atoms with van der Waals surface area (Å²) >= 11 is 9.20. The van der Waals surface area contributed by atoms with Gasteiger partial charge in [0.05, 0.1) is 16.8 Å². The Morgan fingerprint density at radius 1 is 1.14 bits per heavy atom. The monoisotopic (exact) mass is 367 g/mol. The fourth-order valence-corrected chi connectivity index (χ4v) is 2.49. The van der Waals surface area contributed by atoms with E-state index in [1.54, 1.807) is 30.3 Å². The predicted octanol–water partition coefficient (Wildman–Crippen LogP) is 4.08. The third kappa shape index (κ3) is 3.25. The fraction of sp³-hybridized carbons (Fsp3) is 0.0667. The summed E-state index contributed by atoms with van der Waals surface area (Å²) in [5.74, 6) is -1.44. The van der Waals surface area contributed by atoms with Crippen molar-refractivity contribution in [1.29, 1.82) is 0 Å². The maximum Gasteiger partial charge on any atom is 0.337 e. The molecule has 2 aromatic carbocycles. The van der Waals surface area contributed by atoms with E-state index in [1.807, 2.05) is 0 Å².